The number of nitrogens with zero attached hydrogens (tertiary/aromatic N) is 1. The molecule has 0 aliphatic carbocycles. The predicted octanol–water partition coefficient (Wildman–Crippen LogP) is 5.79. The van der Waals surface area contributed by atoms with Crippen LogP contribution in [0.3, 0.4) is 0 Å². The highest BCUT2D eigenvalue weighted by Gasteiger charge is 2.37. The number of carbonyl (C=O) groups excluding carboxylic acids is 2. The Balaban J connectivity index is 1.75. The number of carbonyl (C=O) groups is 2. The van der Waals surface area contributed by atoms with E-state index in [1.54, 1.807) is 24.3 Å². The number of nitrogens with one attached hydrogen (secondary N) is 3. The molecule has 0 saturated heterocycles. The smallest absolute Gasteiger partial charge is 0.354 e. The van der Waals surface area contributed by atoms with E-state index >= 15 is 0 Å². The fourth-order valence-corrected chi connectivity index (χ4v) is 2.93. The van der Waals surface area contributed by atoms with Crippen molar-refractivity contribution in [3.8, 4) is 11.1 Å². The van der Waals surface area contributed by atoms with Crippen LogP contribution in [0.5, 0.6) is 0 Å². The summed E-state index contributed by atoms with van der Waals surface area (Å²) in [4.78, 5) is 27.9. The number of aromatic nitrogens is 1. The number of amides is 3. The molecule has 0 aliphatic rings. The molecule has 178 valence electrons. The molecule has 0 aliphatic heterocycles. The van der Waals surface area contributed by atoms with Crippen molar-refractivity contribution in [2.24, 2.45) is 0 Å². The molecule has 3 amide bonds. The first-order valence-electron chi connectivity index (χ1n) is 9.53. The molecule has 3 N–H and O–H groups in total. The molecule has 0 radical (unpaired) electrons. The highest BCUT2D eigenvalue weighted by molar-refractivity contribution is 6.00. The summed E-state index contributed by atoms with van der Waals surface area (Å²) in [7, 11) is 1.46. The van der Waals surface area contributed by atoms with Crippen molar-refractivity contribution in [1.29, 1.82) is 0 Å². The number of rotatable bonds is 4. The first kappa shape index (κ1) is 24.6. The largest absolute Gasteiger partial charge is 0.416 e. The number of alkyl halides is 6. The lowest BCUT2D eigenvalue weighted by Gasteiger charge is -2.15. The van der Waals surface area contributed by atoms with Gasteiger partial charge < -0.3 is 16.0 Å². The van der Waals surface area contributed by atoms with Gasteiger partial charge in [0, 0.05) is 24.6 Å². The van der Waals surface area contributed by atoms with Crippen molar-refractivity contribution in [3.05, 3.63) is 77.6 Å². The zero-order chi connectivity index (χ0) is 25.1. The third-order valence-electron chi connectivity index (χ3n) is 4.54. The minimum atomic E-state index is -5.03. The molecular formula is C22H16F6N4O2. The highest BCUT2D eigenvalue weighted by Crippen LogP contribution is 2.37. The normalized spacial score (nSPS) is 11.6. The maximum absolute atomic E-state index is 13.0. The molecule has 0 bridgehead atoms. The quantitative estimate of drug-likeness (QED) is 0.412. The van der Waals surface area contributed by atoms with Crippen molar-refractivity contribution in [2.45, 2.75) is 12.4 Å². The highest BCUT2D eigenvalue weighted by atomic mass is 19.4. The van der Waals surface area contributed by atoms with Gasteiger partial charge in [-0.2, -0.15) is 26.3 Å². The number of pyridine rings is 1. The Kier molecular flexibility index (Phi) is 6.80. The number of urea groups is 1. The number of hydrogen-bond donors (Lipinski definition) is 3. The monoisotopic (exact) mass is 482 g/mol. The van der Waals surface area contributed by atoms with Crippen molar-refractivity contribution in [2.75, 3.05) is 17.7 Å². The standard InChI is InChI=1S/C22H16F6N4O2/c1-29-19(33)18-8-13(6-7-30-18)12-2-4-16(5-3-12)31-20(34)32-17-10-14(21(23,24)25)9-15(11-17)22(26,27)28/h2-11H,1H3,(H,29,33)(H2,31,32,34). The SMILES string of the molecule is CNC(=O)c1cc(-c2ccc(NC(=O)Nc3cc(C(F)(F)F)cc(C(F)(F)F)c3)cc2)ccn1. The van der Waals surface area contributed by atoms with Gasteiger partial charge in [0.1, 0.15) is 5.69 Å². The maximum atomic E-state index is 13.0. The maximum Gasteiger partial charge on any atom is 0.416 e. The topological polar surface area (TPSA) is 83.1 Å². The average Bonchev–Trinajstić information content (AvgIpc) is 2.77. The third kappa shape index (κ3) is 6.03. The van der Waals surface area contributed by atoms with Gasteiger partial charge in [-0.25, -0.2) is 4.79 Å². The Bertz CT molecular complexity index is 1180. The Morgan fingerprint density at radius 1 is 0.735 bits per heavy atom. The molecule has 1 heterocycles. The second kappa shape index (κ2) is 9.41. The van der Waals surface area contributed by atoms with E-state index in [4.69, 9.17) is 0 Å². The molecule has 1 aromatic heterocycles. The van der Waals surface area contributed by atoms with Gasteiger partial charge >= 0.3 is 18.4 Å². The van der Waals surface area contributed by atoms with Crippen LogP contribution in [-0.2, 0) is 12.4 Å². The van der Waals surface area contributed by atoms with E-state index in [0.717, 1.165) is 0 Å². The number of halogens is 6. The van der Waals surface area contributed by atoms with E-state index in [1.165, 1.54) is 25.4 Å². The van der Waals surface area contributed by atoms with Gasteiger partial charge in [0.2, 0.25) is 0 Å². The molecule has 3 aromatic rings. The van der Waals surface area contributed by atoms with Gasteiger partial charge in [-0.1, -0.05) is 12.1 Å². The van der Waals surface area contributed by atoms with Gasteiger partial charge in [0.15, 0.2) is 0 Å². The summed E-state index contributed by atoms with van der Waals surface area (Å²) >= 11 is 0. The average molecular weight is 482 g/mol. The number of benzene rings is 2. The van der Waals surface area contributed by atoms with Gasteiger partial charge in [-0.3, -0.25) is 9.78 Å². The lowest BCUT2D eigenvalue weighted by atomic mass is 10.1. The third-order valence-corrected chi connectivity index (χ3v) is 4.54. The molecule has 34 heavy (non-hydrogen) atoms. The second-order valence-corrected chi connectivity index (χ2v) is 6.96. The molecule has 2 aromatic carbocycles. The fraction of sp³-hybridized carbons (Fsp3) is 0.136. The van der Waals surface area contributed by atoms with Gasteiger partial charge in [0.05, 0.1) is 11.1 Å². The summed E-state index contributed by atoms with van der Waals surface area (Å²) in [5.41, 5.74) is -2.01. The first-order valence-corrected chi connectivity index (χ1v) is 9.53. The van der Waals surface area contributed by atoms with Crippen LogP contribution in [0.15, 0.2) is 60.8 Å². The molecule has 0 saturated carbocycles. The van der Waals surface area contributed by atoms with Crippen molar-refractivity contribution >= 4 is 23.3 Å². The Morgan fingerprint density at radius 3 is 1.82 bits per heavy atom. The van der Waals surface area contributed by atoms with E-state index in [0.29, 0.717) is 23.3 Å². The van der Waals surface area contributed by atoms with E-state index in [1.807, 2.05) is 5.32 Å². The van der Waals surface area contributed by atoms with Crippen LogP contribution >= 0.6 is 0 Å². The Labute approximate surface area is 189 Å². The van der Waals surface area contributed by atoms with E-state index in [2.05, 4.69) is 15.6 Å². The molecule has 0 fully saturated rings. The van der Waals surface area contributed by atoms with Gasteiger partial charge in [0.25, 0.3) is 5.91 Å². The number of anilines is 2. The summed E-state index contributed by atoms with van der Waals surface area (Å²) in [5.74, 6) is -0.375. The van der Waals surface area contributed by atoms with E-state index in [-0.39, 0.29) is 23.4 Å². The summed E-state index contributed by atoms with van der Waals surface area (Å²) in [5, 5.41) is 6.77. The molecule has 0 atom stereocenters. The fourth-order valence-electron chi connectivity index (χ4n) is 2.93. The molecule has 12 heteroatoms. The van der Waals surface area contributed by atoms with Crippen molar-refractivity contribution in [3.63, 3.8) is 0 Å². The minimum Gasteiger partial charge on any atom is -0.354 e. The molecule has 6 nitrogen and oxygen atoms in total. The summed E-state index contributed by atoms with van der Waals surface area (Å²) in [6.07, 6.45) is -8.62. The first-order chi connectivity index (χ1) is 15.9. The molecule has 0 unspecified atom stereocenters. The van der Waals surface area contributed by atoms with Gasteiger partial charge in [-0.15, -0.1) is 0 Å². The summed E-state index contributed by atoms with van der Waals surface area (Å²) in [6.45, 7) is 0. The zero-order valence-electron chi connectivity index (χ0n) is 17.3. The second-order valence-electron chi connectivity index (χ2n) is 6.96. The van der Waals surface area contributed by atoms with Crippen LogP contribution < -0.4 is 16.0 Å². The van der Waals surface area contributed by atoms with Crippen LogP contribution in [-0.4, -0.2) is 24.0 Å². The molecule has 0 spiro atoms. The van der Waals surface area contributed by atoms with Crippen LogP contribution in [0.2, 0.25) is 0 Å². The van der Waals surface area contributed by atoms with Crippen LogP contribution in [0.4, 0.5) is 42.5 Å². The summed E-state index contributed by atoms with van der Waals surface area (Å²) < 4.78 is 77.8. The van der Waals surface area contributed by atoms with Crippen LogP contribution in [0, 0.1) is 0 Å². The van der Waals surface area contributed by atoms with E-state index < -0.39 is 35.2 Å². The summed E-state index contributed by atoms with van der Waals surface area (Å²) in [6, 6.07) is 9.12. The van der Waals surface area contributed by atoms with Crippen LogP contribution in [0.25, 0.3) is 11.1 Å². The predicted molar refractivity (Wildman–Crippen MR) is 112 cm³/mol. The van der Waals surface area contributed by atoms with E-state index in [9.17, 15) is 35.9 Å². The molecule has 3 rings (SSSR count). The molecular weight excluding hydrogens is 466 g/mol. The Hall–Kier alpha value is -4.09. The van der Waals surface area contributed by atoms with Gasteiger partial charge in [-0.05, 0) is 53.6 Å². The van der Waals surface area contributed by atoms with Crippen molar-refractivity contribution < 1.29 is 35.9 Å². The van der Waals surface area contributed by atoms with Crippen LogP contribution in [0.1, 0.15) is 21.6 Å². The lowest BCUT2D eigenvalue weighted by molar-refractivity contribution is -0.143. The Morgan fingerprint density at radius 2 is 1.29 bits per heavy atom. The van der Waals surface area contributed by atoms with Crippen molar-refractivity contribution in [1.82, 2.24) is 10.3 Å². The lowest BCUT2D eigenvalue weighted by Crippen LogP contribution is -2.20. The minimum absolute atomic E-state index is 0.0313. The zero-order valence-corrected chi connectivity index (χ0v) is 17.3. The number of hydrogen-bond acceptors (Lipinski definition) is 3.